The second-order valence-corrected chi connectivity index (χ2v) is 9.29. The molecule has 5 rings (SSSR count). The van der Waals surface area contributed by atoms with E-state index in [1.807, 2.05) is 30.3 Å². The molecule has 6 nitrogen and oxygen atoms in total. The molecule has 34 heavy (non-hydrogen) atoms. The molecule has 2 N–H and O–H groups in total. The molecule has 1 unspecified atom stereocenters. The van der Waals surface area contributed by atoms with Gasteiger partial charge in [0.05, 0.1) is 30.0 Å². The van der Waals surface area contributed by atoms with Crippen molar-refractivity contribution in [3.8, 4) is 17.6 Å². The lowest BCUT2D eigenvalue weighted by Crippen LogP contribution is -2.55. The molecule has 3 aliphatic rings. The van der Waals surface area contributed by atoms with Gasteiger partial charge in [-0.2, -0.15) is 5.26 Å². The molecule has 176 valence electrons. The highest BCUT2D eigenvalue weighted by atomic mass is 16.5. The normalized spacial score (nSPS) is 22.8. The van der Waals surface area contributed by atoms with Crippen LogP contribution in [0.4, 0.5) is 5.69 Å². The number of hydrogen-bond donors (Lipinski definition) is 2. The van der Waals surface area contributed by atoms with Crippen LogP contribution < -0.4 is 9.64 Å². The number of fused-ring (bicyclic) bond motifs is 1. The van der Waals surface area contributed by atoms with E-state index >= 15 is 0 Å². The molecule has 0 amide bonds. The molecule has 2 atom stereocenters. The minimum Gasteiger partial charge on any atom is -0.512 e. The first-order valence-electron chi connectivity index (χ1n) is 12.2. The summed E-state index contributed by atoms with van der Waals surface area (Å²) < 4.78 is 5.92. The van der Waals surface area contributed by atoms with Crippen LogP contribution >= 0.6 is 0 Å². The van der Waals surface area contributed by atoms with Crippen molar-refractivity contribution in [1.29, 1.82) is 5.26 Å². The SMILES string of the molecule is CCc1cc(O)ccc1N1CCN(C2CCOc3cc(C#N)ccc32)C[C@@H]1C1=CC=C(O)CC1. The van der Waals surface area contributed by atoms with Crippen molar-refractivity contribution in [2.75, 3.05) is 31.1 Å². The van der Waals surface area contributed by atoms with Gasteiger partial charge in [-0.15, -0.1) is 0 Å². The van der Waals surface area contributed by atoms with Gasteiger partial charge in [-0.25, -0.2) is 0 Å². The smallest absolute Gasteiger partial charge is 0.125 e. The number of aliphatic hydroxyl groups is 1. The summed E-state index contributed by atoms with van der Waals surface area (Å²) in [4.78, 5) is 5.04. The zero-order valence-corrected chi connectivity index (χ0v) is 19.6. The second-order valence-electron chi connectivity index (χ2n) is 9.29. The maximum absolute atomic E-state index is 10.0. The average molecular weight is 458 g/mol. The summed E-state index contributed by atoms with van der Waals surface area (Å²) in [5.41, 5.74) is 5.43. The fraction of sp³-hybridized carbons (Fsp3) is 0.393. The molecular weight excluding hydrogens is 426 g/mol. The number of anilines is 1. The number of ether oxygens (including phenoxy) is 1. The number of aryl methyl sites for hydroxylation is 1. The minimum absolute atomic E-state index is 0.178. The van der Waals surface area contributed by atoms with Gasteiger partial charge in [-0.1, -0.05) is 19.1 Å². The van der Waals surface area contributed by atoms with E-state index in [2.05, 4.69) is 34.9 Å². The van der Waals surface area contributed by atoms with E-state index in [0.717, 1.165) is 55.8 Å². The topological polar surface area (TPSA) is 80.0 Å². The molecule has 1 aliphatic carbocycles. The highest BCUT2D eigenvalue weighted by molar-refractivity contribution is 5.59. The highest BCUT2D eigenvalue weighted by Gasteiger charge is 2.36. The molecule has 2 aliphatic heterocycles. The number of nitriles is 1. The van der Waals surface area contributed by atoms with Crippen LogP contribution in [0, 0.1) is 11.3 Å². The van der Waals surface area contributed by atoms with Crippen molar-refractivity contribution < 1.29 is 14.9 Å². The molecule has 1 saturated heterocycles. The van der Waals surface area contributed by atoms with E-state index in [9.17, 15) is 15.5 Å². The maximum Gasteiger partial charge on any atom is 0.125 e. The first kappa shape index (κ1) is 22.4. The summed E-state index contributed by atoms with van der Waals surface area (Å²) in [5.74, 6) is 1.57. The molecule has 2 heterocycles. The van der Waals surface area contributed by atoms with E-state index in [-0.39, 0.29) is 12.1 Å². The molecule has 0 aromatic heterocycles. The maximum atomic E-state index is 10.0. The largest absolute Gasteiger partial charge is 0.512 e. The summed E-state index contributed by atoms with van der Waals surface area (Å²) in [6.07, 6.45) is 7.20. The van der Waals surface area contributed by atoms with Gasteiger partial charge in [0.15, 0.2) is 0 Å². The zero-order valence-electron chi connectivity index (χ0n) is 19.6. The molecule has 0 spiro atoms. The number of allylic oxidation sites excluding steroid dienone is 3. The van der Waals surface area contributed by atoms with Gasteiger partial charge in [0.1, 0.15) is 11.5 Å². The van der Waals surface area contributed by atoms with E-state index in [1.165, 1.54) is 11.3 Å². The number of phenolic OH excluding ortho intramolecular Hbond substituents is 1. The molecule has 0 saturated carbocycles. The second kappa shape index (κ2) is 9.44. The van der Waals surface area contributed by atoms with Gasteiger partial charge in [0, 0.05) is 49.8 Å². The summed E-state index contributed by atoms with van der Waals surface area (Å²) in [6, 6.07) is 14.1. The van der Waals surface area contributed by atoms with Gasteiger partial charge in [0.2, 0.25) is 0 Å². The van der Waals surface area contributed by atoms with Crippen LogP contribution in [0.5, 0.6) is 11.5 Å². The van der Waals surface area contributed by atoms with Crippen LogP contribution in [0.1, 0.15) is 48.9 Å². The van der Waals surface area contributed by atoms with Crippen LogP contribution in [0.3, 0.4) is 0 Å². The predicted molar refractivity (Wildman–Crippen MR) is 132 cm³/mol. The molecule has 6 heteroatoms. The fourth-order valence-corrected chi connectivity index (χ4v) is 5.57. The summed E-state index contributed by atoms with van der Waals surface area (Å²) in [7, 11) is 0. The Morgan fingerprint density at radius 2 is 1.94 bits per heavy atom. The Morgan fingerprint density at radius 1 is 1.06 bits per heavy atom. The number of benzene rings is 2. The summed E-state index contributed by atoms with van der Waals surface area (Å²) >= 11 is 0. The third-order valence-electron chi connectivity index (χ3n) is 7.34. The zero-order chi connectivity index (χ0) is 23.7. The third kappa shape index (κ3) is 4.24. The standard InChI is InChI=1S/C28H31N3O3/c1-2-20-16-23(33)8-10-25(20)31-13-12-30(18-27(31)21-4-6-22(32)7-5-21)26-11-14-34-28-15-19(17-29)3-9-24(26)28/h3-4,6,8-10,15-16,26-27,32-33H,2,5,7,11-14,18H2,1H3/t26?,27-/m1/s1. The first-order valence-corrected chi connectivity index (χ1v) is 12.2. The average Bonchev–Trinajstić information content (AvgIpc) is 2.88. The Bertz CT molecular complexity index is 1180. The van der Waals surface area contributed by atoms with Crippen LogP contribution in [-0.2, 0) is 6.42 Å². The lowest BCUT2D eigenvalue weighted by atomic mass is 9.90. The number of rotatable bonds is 4. The lowest BCUT2D eigenvalue weighted by Gasteiger charge is -2.48. The van der Waals surface area contributed by atoms with E-state index in [0.29, 0.717) is 30.1 Å². The van der Waals surface area contributed by atoms with Crippen molar-refractivity contribution in [2.45, 2.75) is 44.7 Å². The van der Waals surface area contributed by atoms with Crippen molar-refractivity contribution in [3.05, 3.63) is 76.6 Å². The van der Waals surface area contributed by atoms with Crippen molar-refractivity contribution in [2.24, 2.45) is 0 Å². The quantitative estimate of drug-likeness (QED) is 0.672. The number of piperazine rings is 1. The van der Waals surface area contributed by atoms with Gasteiger partial charge in [-0.3, -0.25) is 4.90 Å². The van der Waals surface area contributed by atoms with Gasteiger partial charge in [0.25, 0.3) is 0 Å². The lowest BCUT2D eigenvalue weighted by molar-refractivity contribution is 0.122. The van der Waals surface area contributed by atoms with Crippen LogP contribution in [-0.4, -0.2) is 47.4 Å². The van der Waals surface area contributed by atoms with E-state index in [1.54, 1.807) is 6.07 Å². The Balaban J connectivity index is 1.48. The van der Waals surface area contributed by atoms with Gasteiger partial charge in [-0.05, 0) is 60.4 Å². The number of phenols is 1. The number of nitrogens with zero attached hydrogens (tertiary/aromatic N) is 3. The number of aromatic hydroxyl groups is 1. The first-order chi connectivity index (χ1) is 16.6. The minimum atomic E-state index is 0.178. The predicted octanol–water partition coefficient (Wildman–Crippen LogP) is 5.00. The van der Waals surface area contributed by atoms with Crippen LogP contribution in [0.15, 0.2) is 59.9 Å². The fourth-order valence-electron chi connectivity index (χ4n) is 5.57. The Kier molecular flexibility index (Phi) is 6.21. The highest BCUT2D eigenvalue weighted by Crippen LogP contribution is 2.40. The Hall–Kier alpha value is -3.43. The number of aliphatic hydroxyl groups excluding tert-OH is 1. The van der Waals surface area contributed by atoms with Gasteiger partial charge >= 0.3 is 0 Å². The van der Waals surface area contributed by atoms with Crippen LogP contribution in [0.25, 0.3) is 0 Å². The summed E-state index contributed by atoms with van der Waals surface area (Å²) in [5, 5.41) is 29.3. The van der Waals surface area contributed by atoms with Crippen LogP contribution in [0.2, 0.25) is 0 Å². The molecule has 2 aromatic rings. The molecule has 0 radical (unpaired) electrons. The Morgan fingerprint density at radius 3 is 2.71 bits per heavy atom. The van der Waals surface area contributed by atoms with E-state index < -0.39 is 0 Å². The summed E-state index contributed by atoms with van der Waals surface area (Å²) in [6.45, 7) is 5.43. The van der Waals surface area contributed by atoms with Crippen molar-refractivity contribution >= 4 is 5.69 Å². The third-order valence-corrected chi connectivity index (χ3v) is 7.34. The number of hydrogen-bond acceptors (Lipinski definition) is 6. The van der Waals surface area contributed by atoms with E-state index in [4.69, 9.17) is 4.74 Å². The molecule has 1 fully saturated rings. The Labute approximate surface area is 201 Å². The molecule has 0 bridgehead atoms. The van der Waals surface area contributed by atoms with Crippen molar-refractivity contribution in [3.63, 3.8) is 0 Å². The van der Waals surface area contributed by atoms with Crippen molar-refractivity contribution in [1.82, 2.24) is 4.90 Å². The molecular formula is C28H31N3O3. The molecule has 2 aromatic carbocycles. The van der Waals surface area contributed by atoms with Gasteiger partial charge < -0.3 is 19.8 Å². The monoisotopic (exact) mass is 457 g/mol.